The molecule has 2 aromatic carbocycles. The third-order valence-electron chi connectivity index (χ3n) is 4.56. The van der Waals surface area contributed by atoms with E-state index >= 15 is 0 Å². The highest BCUT2D eigenvalue weighted by Crippen LogP contribution is 2.37. The molecule has 1 heterocycles. The van der Waals surface area contributed by atoms with Crippen LogP contribution in [-0.4, -0.2) is 23.3 Å². The van der Waals surface area contributed by atoms with E-state index in [1.165, 1.54) is 19.9 Å². The third-order valence-corrected chi connectivity index (χ3v) is 4.80. The van der Waals surface area contributed by atoms with Gasteiger partial charge in [0.15, 0.2) is 5.78 Å². The Morgan fingerprint density at radius 1 is 1.13 bits per heavy atom. The monoisotopic (exact) mass is 431 g/mol. The maximum absolute atomic E-state index is 11.6. The molecular formula is C23H26ClNO5. The van der Waals surface area contributed by atoms with Crippen LogP contribution in [0.4, 0.5) is 0 Å². The predicted octanol–water partition coefficient (Wildman–Crippen LogP) is 4.49. The zero-order valence-electron chi connectivity index (χ0n) is 17.6. The van der Waals surface area contributed by atoms with Gasteiger partial charge in [0.25, 0.3) is 0 Å². The number of Topliss-reactive ketones (excluding diaryl/α,β-unsaturated/α-hetero) is 1. The lowest BCUT2D eigenvalue weighted by Crippen LogP contribution is -2.33. The van der Waals surface area contributed by atoms with Crippen molar-refractivity contribution in [2.45, 2.75) is 52.7 Å². The maximum atomic E-state index is 11.6. The molecule has 1 amide bonds. The molecule has 1 aliphatic heterocycles. The van der Waals surface area contributed by atoms with E-state index in [1.807, 2.05) is 19.9 Å². The van der Waals surface area contributed by atoms with Crippen LogP contribution in [0.5, 0.6) is 5.75 Å². The van der Waals surface area contributed by atoms with Gasteiger partial charge in [-0.2, -0.15) is 0 Å². The largest absolute Gasteiger partial charge is 0.487 e. The van der Waals surface area contributed by atoms with Gasteiger partial charge in [-0.3, -0.25) is 14.4 Å². The summed E-state index contributed by atoms with van der Waals surface area (Å²) in [5.41, 5.74) is 7.59. The van der Waals surface area contributed by atoms with Gasteiger partial charge in [-0.05, 0) is 69.5 Å². The van der Waals surface area contributed by atoms with Gasteiger partial charge in [0.2, 0.25) is 5.91 Å². The number of carbonyl (C=O) groups excluding carboxylic acids is 3. The molecule has 0 spiro atoms. The number of amides is 1. The van der Waals surface area contributed by atoms with Crippen LogP contribution in [0.15, 0.2) is 36.4 Å². The molecule has 7 heteroatoms. The van der Waals surface area contributed by atoms with Crippen LogP contribution in [0.25, 0.3) is 0 Å². The van der Waals surface area contributed by atoms with Crippen molar-refractivity contribution in [3.05, 3.63) is 63.7 Å². The molecule has 3 rings (SSSR count). The second kappa shape index (κ2) is 9.76. The quantitative estimate of drug-likeness (QED) is 0.568. The lowest BCUT2D eigenvalue weighted by Gasteiger charge is -2.34. The predicted molar refractivity (Wildman–Crippen MR) is 115 cm³/mol. The van der Waals surface area contributed by atoms with Gasteiger partial charge in [-0.15, -0.1) is 0 Å². The Morgan fingerprint density at radius 3 is 2.37 bits per heavy atom. The Bertz CT molecular complexity index is 968. The van der Waals surface area contributed by atoms with Gasteiger partial charge in [0.05, 0.1) is 0 Å². The van der Waals surface area contributed by atoms with Crippen LogP contribution in [0, 0.1) is 0 Å². The Labute approximate surface area is 181 Å². The first-order valence-electron chi connectivity index (χ1n) is 9.53. The number of benzene rings is 2. The molecule has 1 aliphatic rings. The van der Waals surface area contributed by atoms with Crippen LogP contribution >= 0.6 is 11.6 Å². The molecule has 0 atom stereocenters. The topological polar surface area (TPSA) is 95.7 Å². The van der Waals surface area contributed by atoms with Crippen molar-refractivity contribution in [1.29, 1.82) is 0 Å². The van der Waals surface area contributed by atoms with Gasteiger partial charge in [0.1, 0.15) is 18.0 Å². The number of ketones is 1. The normalized spacial score (nSPS) is 13.8. The van der Waals surface area contributed by atoms with E-state index in [2.05, 4.69) is 0 Å². The number of hydrogen-bond acceptors (Lipinski definition) is 5. The van der Waals surface area contributed by atoms with Crippen molar-refractivity contribution < 1.29 is 23.9 Å². The molecule has 0 saturated carbocycles. The van der Waals surface area contributed by atoms with Crippen LogP contribution in [-0.2, 0) is 22.6 Å². The zero-order valence-corrected chi connectivity index (χ0v) is 18.3. The number of primary amides is 1. The van der Waals surface area contributed by atoms with Crippen molar-refractivity contribution in [2.24, 2.45) is 5.73 Å². The molecule has 0 unspecified atom stereocenters. The van der Waals surface area contributed by atoms with E-state index in [-0.39, 0.29) is 24.0 Å². The second-order valence-electron chi connectivity index (χ2n) is 7.70. The first kappa shape index (κ1) is 23.4. The van der Waals surface area contributed by atoms with E-state index in [0.717, 1.165) is 29.7 Å². The average molecular weight is 432 g/mol. The summed E-state index contributed by atoms with van der Waals surface area (Å²) in [6.07, 6.45) is 1.75. The van der Waals surface area contributed by atoms with Crippen molar-refractivity contribution >= 4 is 29.3 Å². The van der Waals surface area contributed by atoms with Crippen LogP contribution in [0.1, 0.15) is 66.0 Å². The average Bonchev–Trinajstić information content (AvgIpc) is 2.65. The molecule has 0 saturated heterocycles. The molecular weight excluding hydrogens is 406 g/mol. The van der Waals surface area contributed by atoms with Gasteiger partial charge < -0.3 is 15.2 Å². The number of ether oxygens (including phenoxy) is 2. The Kier molecular flexibility index (Phi) is 7.62. The van der Waals surface area contributed by atoms with E-state index in [1.54, 1.807) is 24.3 Å². The SMILES string of the molecule is CC(=O)OCc1cc(C(C)=O)cc2c1OC(C)(C)CC2.NC(=O)c1cccc(Cl)c1. The number of carbonyl (C=O) groups is 3. The summed E-state index contributed by atoms with van der Waals surface area (Å²) >= 11 is 5.58. The third kappa shape index (κ3) is 6.59. The summed E-state index contributed by atoms with van der Waals surface area (Å²) < 4.78 is 11.1. The van der Waals surface area contributed by atoms with Gasteiger partial charge in [-0.25, -0.2) is 0 Å². The summed E-state index contributed by atoms with van der Waals surface area (Å²) in [7, 11) is 0. The van der Waals surface area contributed by atoms with Crippen molar-refractivity contribution in [3.8, 4) is 5.75 Å². The maximum Gasteiger partial charge on any atom is 0.302 e. The number of rotatable bonds is 4. The van der Waals surface area contributed by atoms with E-state index in [0.29, 0.717) is 16.1 Å². The number of esters is 1. The first-order chi connectivity index (χ1) is 14.0. The number of fused-ring (bicyclic) bond motifs is 1. The molecule has 0 aliphatic carbocycles. The molecule has 0 bridgehead atoms. The van der Waals surface area contributed by atoms with Crippen LogP contribution in [0.2, 0.25) is 5.02 Å². The summed E-state index contributed by atoms with van der Waals surface area (Å²) in [6, 6.07) is 10.2. The smallest absolute Gasteiger partial charge is 0.302 e. The molecule has 0 aromatic heterocycles. The van der Waals surface area contributed by atoms with E-state index < -0.39 is 5.91 Å². The summed E-state index contributed by atoms with van der Waals surface area (Å²) in [6.45, 7) is 7.10. The highest BCUT2D eigenvalue weighted by atomic mass is 35.5. The number of aryl methyl sites for hydroxylation is 1. The standard InChI is InChI=1S/C16H20O4.C7H6ClNO/c1-10(17)13-7-12-5-6-16(3,4)20-15(12)14(8-13)9-19-11(2)18;8-6-3-1-2-5(4-6)7(9)10/h7-8H,5-6,9H2,1-4H3;1-4H,(H2,9,10). The molecule has 160 valence electrons. The minimum Gasteiger partial charge on any atom is -0.487 e. The summed E-state index contributed by atoms with van der Waals surface area (Å²) in [4.78, 5) is 33.1. The Morgan fingerprint density at radius 2 is 1.83 bits per heavy atom. The number of hydrogen-bond donors (Lipinski definition) is 1. The lowest BCUT2D eigenvalue weighted by molar-refractivity contribution is -0.142. The van der Waals surface area contributed by atoms with Gasteiger partial charge >= 0.3 is 5.97 Å². The summed E-state index contributed by atoms with van der Waals surface area (Å²) in [5.74, 6) is -0.0428. The van der Waals surface area contributed by atoms with Crippen LogP contribution in [0.3, 0.4) is 0 Å². The minimum absolute atomic E-state index is 0.00158. The first-order valence-corrected chi connectivity index (χ1v) is 9.91. The fourth-order valence-corrected chi connectivity index (χ4v) is 3.16. The van der Waals surface area contributed by atoms with E-state index in [4.69, 9.17) is 26.8 Å². The lowest BCUT2D eigenvalue weighted by atomic mass is 9.91. The fourth-order valence-electron chi connectivity index (χ4n) is 2.97. The molecule has 0 radical (unpaired) electrons. The van der Waals surface area contributed by atoms with Gasteiger partial charge in [-0.1, -0.05) is 17.7 Å². The second-order valence-corrected chi connectivity index (χ2v) is 8.13. The Balaban J connectivity index is 0.000000269. The number of nitrogens with two attached hydrogens (primary N) is 1. The fraction of sp³-hybridized carbons (Fsp3) is 0.348. The highest BCUT2D eigenvalue weighted by molar-refractivity contribution is 6.30. The molecule has 30 heavy (non-hydrogen) atoms. The molecule has 6 nitrogen and oxygen atoms in total. The zero-order chi connectivity index (χ0) is 22.5. The molecule has 2 aromatic rings. The van der Waals surface area contributed by atoms with Crippen molar-refractivity contribution in [2.75, 3.05) is 0 Å². The van der Waals surface area contributed by atoms with Crippen LogP contribution < -0.4 is 10.5 Å². The van der Waals surface area contributed by atoms with E-state index in [9.17, 15) is 14.4 Å². The number of halogens is 1. The van der Waals surface area contributed by atoms with Crippen molar-refractivity contribution in [1.82, 2.24) is 0 Å². The minimum atomic E-state index is -0.456. The van der Waals surface area contributed by atoms with Crippen molar-refractivity contribution in [3.63, 3.8) is 0 Å². The van der Waals surface area contributed by atoms with Gasteiger partial charge in [0, 0.05) is 28.6 Å². The molecule has 2 N–H and O–H groups in total. The highest BCUT2D eigenvalue weighted by Gasteiger charge is 2.29. The summed E-state index contributed by atoms with van der Waals surface area (Å²) in [5, 5.41) is 0.524. The Hall–Kier alpha value is -2.86. The molecule has 0 fully saturated rings.